The molecule has 0 saturated heterocycles. The fourth-order valence-corrected chi connectivity index (χ4v) is 3.29. The molecule has 0 fully saturated rings. The van der Waals surface area contributed by atoms with E-state index in [4.69, 9.17) is 0 Å². The lowest BCUT2D eigenvalue weighted by molar-refractivity contribution is -0.111. The van der Waals surface area contributed by atoms with E-state index in [2.05, 4.69) is 17.2 Å². The summed E-state index contributed by atoms with van der Waals surface area (Å²) in [7, 11) is 0. The number of nitrogens with one attached hydrogen (secondary N) is 2. The topological polar surface area (TPSA) is 75.3 Å². The van der Waals surface area contributed by atoms with Crippen molar-refractivity contribution in [2.45, 2.75) is 0 Å². The molecule has 0 saturated carbocycles. The van der Waals surface area contributed by atoms with E-state index in [0.717, 1.165) is 11.8 Å². The maximum absolute atomic E-state index is 13.2. The van der Waals surface area contributed by atoms with E-state index >= 15 is 0 Å². The van der Waals surface area contributed by atoms with Gasteiger partial charge in [0.2, 0.25) is 5.91 Å². The number of ketones is 2. The highest BCUT2D eigenvalue weighted by Gasteiger charge is 2.34. The maximum atomic E-state index is 13.2. The van der Waals surface area contributed by atoms with E-state index in [9.17, 15) is 14.4 Å². The summed E-state index contributed by atoms with van der Waals surface area (Å²) in [6.45, 7) is 3.44. The highest BCUT2D eigenvalue weighted by molar-refractivity contribution is 6.32. The van der Waals surface area contributed by atoms with E-state index in [1.165, 1.54) is 0 Å². The van der Waals surface area contributed by atoms with Crippen molar-refractivity contribution in [1.29, 1.82) is 0 Å². The molecule has 136 valence electrons. The van der Waals surface area contributed by atoms with Gasteiger partial charge >= 0.3 is 0 Å². The third-order valence-corrected chi connectivity index (χ3v) is 4.57. The number of carbonyl (C=O) groups is 3. The molecule has 3 aromatic rings. The molecule has 5 nitrogen and oxygen atoms in total. The van der Waals surface area contributed by atoms with Gasteiger partial charge < -0.3 is 10.6 Å². The second-order valence-electron chi connectivity index (χ2n) is 6.30. The molecule has 0 spiro atoms. The van der Waals surface area contributed by atoms with E-state index < -0.39 is 5.91 Å². The third kappa shape index (κ3) is 2.89. The highest BCUT2D eigenvalue weighted by Crippen LogP contribution is 2.37. The van der Waals surface area contributed by atoms with Gasteiger partial charge in [0.25, 0.3) is 0 Å². The number of anilines is 3. The van der Waals surface area contributed by atoms with Gasteiger partial charge in [0, 0.05) is 16.8 Å². The number of fused-ring (bicyclic) bond motifs is 2. The Morgan fingerprint density at radius 2 is 1.29 bits per heavy atom. The number of rotatable bonds is 4. The van der Waals surface area contributed by atoms with Crippen LogP contribution in [-0.4, -0.2) is 17.5 Å². The number of hydrogen-bond donors (Lipinski definition) is 2. The summed E-state index contributed by atoms with van der Waals surface area (Å²) in [5, 5.41) is 5.84. The average Bonchev–Trinajstić information content (AvgIpc) is 2.73. The molecule has 0 heterocycles. The van der Waals surface area contributed by atoms with Crippen molar-refractivity contribution in [2.75, 3.05) is 10.6 Å². The minimum atomic E-state index is -0.454. The predicted octanol–water partition coefficient (Wildman–Crippen LogP) is 4.33. The summed E-state index contributed by atoms with van der Waals surface area (Å²) in [4.78, 5) is 38.3. The summed E-state index contributed by atoms with van der Waals surface area (Å²) in [6, 6.07) is 19.4. The SMILES string of the molecule is C=CC(=O)Nc1ccc(Nc2ccccc2)c2c1C(=O)c1ccccc1C2=O. The van der Waals surface area contributed by atoms with Crippen molar-refractivity contribution in [3.8, 4) is 0 Å². The molecular formula is C23H16N2O3. The van der Waals surface area contributed by atoms with Crippen LogP contribution < -0.4 is 10.6 Å². The molecule has 0 aliphatic heterocycles. The summed E-state index contributed by atoms with van der Waals surface area (Å²) < 4.78 is 0. The van der Waals surface area contributed by atoms with Crippen molar-refractivity contribution in [3.63, 3.8) is 0 Å². The molecule has 0 unspecified atom stereocenters. The monoisotopic (exact) mass is 368 g/mol. The molecule has 28 heavy (non-hydrogen) atoms. The van der Waals surface area contributed by atoms with Crippen LogP contribution >= 0.6 is 0 Å². The van der Waals surface area contributed by atoms with Gasteiger partial charge in [0.05, 0.1) is 22.5 Å². The Morgan fingerprint density at radius 1 is 0.750 bits per heavy atom. The van der Waals surface area contributed by atoms with Crippen molar-refractivity contribution in [1.82, 2.24) is 0 Å². The standard InChI is InChI=1S/C23H16N2O3/c1-2-19(26)25-18-13-12-17(24-14-8-4-3-5-9-14)20-21(18)23(28)16-11-7-6-10-15(16)22(20)27/h2-13,24H,1H2,(H,25,26). The first-order valence-corrected chi connectivity index (χ1v) is 8.71. The fourth-order valence-electron chi connectivity index (χ4n) is 3.29. The van der Waals surface area contributed by atoms with Crippen LogP contribution in [0, 0.1) is 0 Å². The zero-order valence-electron chi connectivity index (χ0n) is 14.9. The van der Waals surface area contributed by atoms with E-state index in [-0.39, 0.29) is 28.4 Å². The Balaban J connectivity index is 1.92. The normalized spacial score (nSPS) is 12.0. The maximum Gasteiger partial charge on any atom is 0.247 e. The molecule has 1 aliphatic carbocycles. The van der Waals surface area contributed by atoms with Crippen molar-refractivity contribution in [2.24, 2.45) is 0 Å². The summed E-state index contributed by atoms with van der Waals surface area (Å²) >= 11 is 0. The molecule has 0 aromatic heterocycles. The number of benzene rings is 3. The lowest BCUT2D eigenvalue weighted by atomic mass is 9.82. The second-order valence-corrected chi connectivity index (χ2v) is 6.30. The number of carbonyl (C=O) groups excluding carboxylic acids is 3. The molecule has 0 bridgehead atoms. The zero-order chi connectivity index (χ0) is 19.7. The van der Waals surface area contributed by atoms with Crippen LogP contribution in [0.1, 0.15) is 31.8 Å². The third-order valence-electron chi connectivity index (χ3n) is 4.57. The van der Waals surface area contributed by atoms with Crippen LogP contribution in [0.5, 0.6) is 0 Å². The predicted molar refractivity (Wildman–Crippen MR) is 108 cm³/mol. The van der Waals surface area contributed by atoms with Gasteiger partial charge in [-0.05, 0) is 30.3 Å². The van der Waals surface area contributed by atoms with Gasteiger partial charge in [-0.3, -0.25) is 14.4 Å². The Kier molecular flexibility index (Phi) is 4.33. The average molecular weight is 368 g/mol. The second kappa shape index (κ2) is 6.96. The number of hydrogen-bond acceptors (Lipinski definition) is 4. The fraction of sp³-hybridized carbons (Fsp3) is 0. The largest absolute Gasteiger partial charge is 0.355 e. The lowest BCUT2D eigenvalue weighted by Gasteiger charge is -2.23. The summed E-state index contributed by atoms with van der Waals surface area (Å²) in [5.74, 6) is -1.02. The van der Waals surface area contributed by atoms with Crippen LogP contribution in [0.4, 0.5) is 17.1 Å². The Morgan fingerprint density at radius 3 is 1.89 bits per heavy atom. The Labute approximate surface area is 161 Å². The quantitative estimate of drug-likeness (QED) is 0.526. The van der Waals surface area contributed by atoms with Crippen LogP contribution in [0.15, 0.2) is 79.4 Å². The molecule has 4 rings (SSSR count). The number of amides is 1. The van der Waals surface area contributed by atoms with Crippen LogP contribution in [0.25, 0.3) is 0 Å². The van der Waals surface area contributed by atoms with Gasteiger partial charge in [0.15, 0.2) is 11.6 Å². The molecule has 3 aromatic carbocycles. The van der Waals surface area contributed by atoms with Gasteiger partial charge in [-0.1, -0.05) is 49.0 Å². The van der Waals surface area contributed by atoms with E-state index in [1.54, 1.807) is 36.4 Å². The summed E-state index contributed by atoms with van der Waals surface area (Å²) in [5.41, 5.74) is 2.67. The van der Waals surface area contributed by atoms with E-state index in [1.807, 2.05) is 30.3 Å². The molecule has 5 heteroatoms. The van der Waals surface area contributed by atoms with E-state index in [0.29, 0.717) is 16.8 Å². The van der Waals surface area contributed by atoms with Crippen molar-refractivity contribution in [3.05, 3.63) is 102 Å². The first-order chi connectivity index (χ1) is 13.6. The number of para-hydroxylation sites is 1. The zero-order valence-corrected chi connectivity index (χ0v) is 14.9. The van der Waals surface area contributed by atoms with Crippen molar-refractivity contribution < 1.29 is 14.4 Å². The van der Waals surface area contributed by atoms with Crippen molar-refractivity contribution >= 4 is 34.5 Å². The smallest absolute Gasteiger partial charge is 0.247 e. The van der Waals surface area contributed by atoms with Crippen LogP contribution in [0.2, 0.25) is 0 Å². The van der Waals surface area contributed by atoms with Crippen LogP contribution in [0.3, 0.4) is 0 Å². The minimum absolute atomic E-state index is 0.180. The highest BCUT2D eigenvalue weighted by atomic mass is 16.2. The van der Waals surface area contributed by atoms with Gasteiger partial charge in [-0.25, -0.2) is 0 Å². The first-order valence-electron chi connectivity index (χ1n) is 8.71. The Bertz CT molecular complexity index is 1130. The molecule has 1 amide bonds. The minimum Gasteiger partial charge on any atom is -0.355 e. The first kappa shape index (κ1) is 17.4. The van der Waals surface area contributed by atoms with Gasteiger partial charge in [0.1, 0.15) is 0 Å². The molecule has 2 N–H and O–H groups in total. The molecular weight excluding hydrogens is 352 g/mol. The molecule has 0 radical (unpaired) electrons. The van der Waals surface area contributed by atoms with Gasteiger partial charge in [-0.15, -0.1) is 0 Å². The van der Waals surface area contributed by atoms with Gasteiger partial charge in [-0.2, -0.15) is 0 Å². The Hall–Kier alpha value is -3.99. The summed E-state index contributed by atoms with van der Waals surface area (Å²) in [6.07, 6.45) is 1.12. The molecule has 0 atom stereocenters. The van der Waals surface area contributed by atoms with Crippen LogP contribution in [-0.2, 0) is 4.79 Å². The molecule has 1 aliphatic rings. The lowest BCUT2D eigenvalue weighted by Crippen LogP contribution is -2.24.